The third kappa shape index (κ3) is 4.77. The molecular formula is C26H24N8O3S. The molecule has 0 radical (unpaired) electrons. The van der Waals surface area contributed by atoms with Gasteiger partial charge in [0.25, 0.3) is 11.8 Å². The maximum atomic E-state index is 13.4. The lowest BCUT2D eigenvalue weighted by atomic mass is 9.97. The predicted molar refractivity (Wildman–Crippen MR) is 142 cm³/mol. The minimum atomic E-state index is -0.442. The topological polar surface area (TPSA) is 137 Å². The van der Waals surface area contributed by atoms with Crippen LogP contribution in [0.1, 0.15) is 32.1 Å². The average Bonchev–Trinajstić information content (AvgIpc) is 3.28. The maximum Gasteiger partial charge on any atom is 0.274 e. The Labute approximate surface area is 222 Å². The van der Waals surface area contributed by atoms with Gasteiger partial charge in [0.15, 0.2) is 15.6 Å². The highest BCUT2D eigenvalue weighted by Gasteiger charge is 2.33. The number of pyridine rings is 1. The third-order valence-corrected chi connectivity index (χ3v) is 7.20. The summed E-state index contributed by atoms with van der Waals surface area (Å²) in [5, 5.41) is 12.5. The molecule has 12 heteroatoms. The first-order chi connectivity index (χ1) is 18.3. The number of anilines is 1. The molecule has 0 unspecified atom stereocenters. The number of hydrogen-bond acceptors (Lipinski definition) is 10. The van der Waals surface area contributed by atoms with Crippen molar-refractivity contribution >= 4 is 38.8 Å². The molecular weight excluding hydrogens is 504 g/mol. The largest absolute Gasteiger partial charge is 0.496 e. The Morgan fingerprint density at radius 1 is 1.16 bits per heavy atom. The van der Waals surface area contributed by atoms with E-state index in [1.807, 2.05) is 21.0 Å². The molecule has 2 amide bonds. The smallest absolute Gasteiger partial charge is 0.274 e. The van der Waals surface area contributed by atoms with Crippen LogP contribution in [-0.4, -0.2) is 81.9 Å². The molecule has 1 N–H and O–H groups in total. The molecule has 4 heterocycles. The van der Waals surface area contributed by atoms with Gasteiger partial charge in [-0.25, -0.2) is 9.97 Å². The number of aryl methyl sites for hydroxylation is 1. The SMILES string of the molecule is COc1ccc(C#N)cc1-c1cc(C)ncc1C(=O)Nc1nc2ncc(C(=O)N3CC(N(C)C)C3)nc2s1. The zero-order valence-corrected chi connectivity index (χ0v) is 22.0. The summed E-state index contributed by atoms with van der Waals surface area (Å²) >= 11 is 1.13. The fourth-order valence-electron chi connectivity index (χ4n) is 4.10. The van der Waals surface area contributed by atoms with Crippen LogP contribution in [0.15, 0.2) is 36.7 Å². The first kappa shape index (κ1) is 25.2. The van der Waals surface area contributed by atoms with E-state index in [-0.39, 0.29) is 22.3 Å². The Kier molecular flexibility index (Phi) is 6.71. The van der Waals surface area contributed by atoms with Crippen LogP contribution >= 0.6 is 11.3 Å². The Morgan fingerprint density at radius 2 is 1.95 bits per heavy atom. The van der Waals surface area contributed by atoms with Gasteiger partial charge in [0.2, 0.25) is 0 Å². The van der Waals surface area contributed by atoms with E-state index < -0.39 is 5.91 Å². The second-order valence-electron chi connectivity index (χ2n) is 9.08. The van der Waals surface area contributed by atoms with E-state index in [9.17, 15) is 14.9 Å². The third-order valence-electron chi connectivity index (χ3n) is 6.35. The summed E-state index contributed by atoms with van der Waals surface area (Å²) in [6.07, 6.45) is 2.89. The van der Waals surface area contributed by atoms with Gasteiger partial charge in [-0.05, 0) is 45.3 Å². The van der Waals surface area contributed by atoms with Crippen LogP contribution in [0.25, 0.3) is 21.6 Å². The number of nitriles is 1. The van der Waals surface area contributed by atoms with Gasteiger partial charge in [0.05, 0.1) is 30.5 Å². The standard InChI is InChI=1S/C26H24N8O3S/c1-14-7-17(18-8-15(9-27)5-6-21(18)37-4)19(10-28-14)23(35)32-26-31-22-24(38-26)30-20(11-29-22)25(36)34-12-16(13-34)33(2)3/h5-8,10-11,16H,12-13H2,1-4H3,(H,29,31,32,35). The quantitative estimate of drug-likeness (QED) is 0.400. The van der Waals surface area contributed by atoms with Crippen LogP contribution < -0.4 is 10.1 Å². The number of likely N-dealkylation sites (N-methyl/N-ethyl adjacent to an activating group) is 1. The van der Waals surface area contributed by atoms with Gasteiger partial charge in [-0.15, -0.1) is 0 Å². The summed E-state index contributed by atoms with van der Waals surface area (Å²) in [4.78, 5) is 47.8. The molecule has 0 saturated carbocycles. The van der Waals surface area contributed by atoms with E-state index in [4.69, 9.17) is 4.74 Å². The van der Waals surface area contributed by atoms with Crippen molar-refractivity contribution in [1.29, 1.82) is 5.26 Å². The van der Waals surface area contributed by atoms with E-state index >= 15 is 0 Å². The lowest BCUT2D eigenvalue weighted by molar-refractivity contribution is 0.0394. The van der Waals surface area contributed by atoms with Crippen LogP contribution in [0.2, 0.25) is 0 Å². The fraction of sp³-hybridized carbons (Fsp3) is 0.269. The zero-order valence-electron chi connectivity index (χ0n) is 21.2. The number of carbonyl (C=O) groups excluding carboxylic acids is 2. The molecule has 0 spiro atoms. The monoisotopic (exact) mass is 528 g/mol. The van der Waals surface area contributed by atoms with Crippen LogP contribution in [0.5, 0.6) is 5.75 Å². The summed E-state index contributed by atoms with van der Waals surface area (Å²) in [7, 11) is 5.50. The van der Waals surface area contributed by atoms with Crippen molar-refractivity contribution in [2.24, 2.45) is 0 Å². The van der Waals surface area contributed by atoms with Crippen LogP contribution in [0.4, 0.5) is 5.13 Å². The van der Waals surface area contributed by atoms with Gasteiger partial charge >= 0.3 is 0 Å². The van der Waals surface area contributed by atoms with E-state index in [2.05, 4.69) is 36.2 Å². The van der Waals surface area contributed by atoms with Crippen LogP contribution in [-0.2, 0) is 0 Å². The van der Waals surface area contributed by atoms with Gasteiger partial charge in [0.1, 0.15) is 11.4 Å². The maximum absolute atomic E-state index is 13.4. The molecule has 0 bridgehead atoms. The predicted octanol–water partition coefficient (Wildman–Crippen LogP) is 2.98. The highest BCUT2D eigenvalue weighted by Crippen LogP contribution is 2.34. The average molecular weight is 529 g/mol. The number of rotatable bonds is 6. The number of amides is 2. The molecule has 4 aromatic rings. The number of likely N-dealkylation sites (tertiary alicyclic amines) is 1. The molecule has 11 nitrogen and oxygen atoms in total. The second kappa shape index (κ2) is 10.1. The van der Waals surface area contributed by atoms with E-state index in [1.54, 1.807) is 29.2 Å². The summed E-state index contributed by atoms with van der Waals surface area (Å²) in [6, 6.07) is 9.24. The summed E-state index contributed by atoms with van der Waals surface area (Å²) < 4.78 is 5.49. The van der Waals surface area contributed by atoms with Crippen LogP contribution in [0, 0.1) is 18.3 Å². The van der Waals surface area contributed by atoms with Crippen molar-refractivity contribution in [2.75, 3.05) is 39.6 Å². The Bertz CT molecular complexity index is 1600. The van der Waals surface area contributed by atoms with Crippen LogP contribution in [0.3, 0.4) is 0 Å². The number of nitrogens with zero attached hydrogens (tertiary/aromatic N) is 7. The van der Waals surface area contributed by atoms with Gasteiger partial charge in [0, 0.05) is 42.1 Å². The molecule has 3 aromatic heterocycles. The number of aromatic nitrogens is 4. The van der Waals surface area contributed by atoms with Gasteiger partial charge in [-0.1, -0.05) is 11.3 Å². The molecule has 192 valence electrons. The van der Waals surface area contributed by atoms with E-state index in [0.717, 1.165) is 11.3 Å². The van der Waals surface area contributed by atoms with Crippen molar-refractivity contribution in [3.63, 3.8) is 0 Å². The fourth-order valence-corrected chi connectivity index (χ4v) is 4.90. The lowest BCUT2D eigenvalue weighted by Crippen LogP contribution is -2.59. The molecule has 1 saturated heterocycles. The van der Waals surface area contributed by atoms with Crippen molar-refractivity contribution in [2.45, 2.75) is 13.0 Å². The molecule has 1 aliphatic heterocycles. The minimum Gasteiger partial charge on any atom is -0.496 e. The second-order valence-corrected chi connectivity index (χ2v) is 10.1. The Morgan fingerprint density at radius 3 is 2.66 bits per heavy atom. The number of ether oxygens (including phenoxy) is 1. The first-order valence-corrected chi connectivity index (χ1v) is 12.5. The highest BCUT2D eigenvalue weighted by atomic mass is 32.1. The summed E-state index contributed by atoms with van der Waals surface area (Å²) in [6.45, 7) is 3.10. The number of fused-ring (bicyclic) bond motifs is 1. The number of hydrogen-bond donors (Lipinski definition) is 1. The molecule has 0 atom stereocenters. The minimum absolute atomic E-state index is 0.180. The zero-order chi connectivity index (χ0) is 27.0. The molecule has 1 aliphatic rings. The molecule has 0 aliphatic carbocycles. The molecule has 38 heavy (non-hydrogen) atoms. The number of carbonyl (C=O) groups is 2. The van der Waals surface area contributed by atoms with Crippen molar-refractivity contribution in [1.82, 2.24) is 29.7 Å². The van der Waals surface area contributed by atoms with Gasteiger partial charge < -0.3 is 14.5 Å². The van der Waals surface area contributed by atoms with Crippen molar-refractivity contribution in [3.05, 3.63) is 59.2 Å². The van der Waals surface area contributed by atoms with Gasteiger partial charge in [-0.2, -0.15) is 10.2 Å². The summed E-state index contributed by atoms with van der Waals surface area (Å²) in [5.74, 6) is -0.101. The number of nitrogens with one attached hydrogen (secondary N) is 1. The molecule has 1 fully saturated rings. The number of benzene rings is 1. The van der Waals surface area contributed by atoms with E-state index in [1.165, 1.54) is 19.5 Å². The van der Waals surface area contributed by atoms with E-state index in [0.29, 0.717) is 57.7 Å². The first-order valence-electron chi connectivity index (χ1n) is 11.7. The normalized spacial score (nSPS) is 13.3. The number of thiazole rings is 1. The summed E-state index contributed by atoms with van der Waals surface area (Å²) in [5.41, 5.74) is 3.16. The Hall–Kier alpha value is -4.47. The highest BCUT2D eigenvalue weighted by molar-refractivity contribution is 7.21. The lowest BCUT2D eigenvalue weighted by Gasteiger charge is -2.42. The molecule has 1 aromatic carbocycles. The van der Waals surface area contributed by atoms with Gasteiger partial charge in [-0.3, -0.25) is 19.9 Å². The van der Waals surface area contributed by atoms with Crippen molar-refractivity contribution in [3.8, 4) is 22.9 Å². The number of methoxy groups -OCH3 is 1. The van der Waals surface area contributed by atoms with Crippen molar-refractivity contribution < 1.29 is 14.3 Å². The Balaban J connectivity index is 1.41. The molecule has 5 rings (SSSR count).